The van der Waals surface area contributed by atoms with Crippen LogP contribution in [-0.2, 0) is 9.59 Å². The van der Waals surface area contributed by atoms with Gasteiger partial charge in [-0.1, -0.05) is 13.8 Å². The maximum atomic E-state index is 12.1. The summed E-state index contributed by atoms with van der Waals surface area (Å²) < 4.78 is 0. The van der Waals surface area contributed by atoms with Gasteiger partial charge in [-0.25, -0.2) is 0 Å². The molecule has 1 atom stereocenters. The average Bonchev–Trinajstić information content (AvgIpc) is 2.43. The molecule has 1 aliphatic heterocycles. The number of carbonyl (C=O) groups is 2. The number of carbonyl (C=O) groups excluding carboxylic acids is 2. The molecule has 0 spiro atoms. The molecule has 1 fully saturated rings. The van der Waals surface area contributed by atoms with Crippen molar-refractivity contribution in [2.45, 2.75) is 59.0 Å². The zero-order chi connectivity index (χ0) is 16.0. The summed E-state index contributed by atoms with van der Waals surface area (Å²) in [6.07, 6.45) is 3.05. The number of hydrogen-bond donors (Lipinski definition) is 2. The molecule has 122 valence electrons. The number of rotatable bonds is 6. The SMILES string of the molecule is CC(=O)N1CCC(C(=O)NCC(C)(O)CCC(C)C)CC1. The van der Waals surface area contributed by atoms with Gasteiger partial charge < -0.3 is 15.3 Å². The van der Waals surface area contributed by atoms with Gasteiger partial charge in [-0.3, -0.25) is 9.59 Å². The van der Waals surface area contributed by atoms with E-state index >= 15 is 0 Å². The second-order valence-electron chi connectivity index (χ2n) is 6.93. The molecule has 2 N–H and O–H groups in total. The lowest BCUT2D eigenvalue weighted by atomic mass is 9.93. The van der Waals surface area contributed by atoms with E-state index in [1.165, 1.54) is 0 Å². The van der Waals surface area contributed by atoms with E-state index in [4.69, 9.17) is 0 Å². The van der Waals surface area contributed by atoms with Crippen molar-refractivity contribution >= 4 is 11.8 Å². The first kappa shape index (κ1) is 18.0. The molecule has 0 aromatic heterocycles. The molecule has 1 aliphatic rings. The third-order valence-electron chi connectivity index (χ3n) is 4.21. The summed E-state index contributed by atoms with van der Waals surface area (Å²) in [4.78, 5) is 25.2. The van der Waals surface area contributed by atoms with Crippen LogP contribution in [0.2, 0.25) is 0 Å². The van der Waals surface area contributed by atoms with Gasteiger partial charge >= 0.3 is 0 Å². The first-order valence-electron chi connectivity index (χ1n) is 7.97. The van der Waals surface area contributed by atoms with Crippen molar-refractivity contribution < 1.29 is 14.7 Å². The summed E-state index contributed by atoms with van der Waals surface area (Å²) in [5.74, 6) is 0.582. The minimum Gasteiger partial charge on any atom is -0.388 e. The molecule has 0 aromatic rings. The second-order valence-corrected chi connectivity index (χ2v) is 6.93. The number of nitrogens with one attached hydrogen (secondary N) is 1. The van der Waals surface area contributed by atoms with Crippen LogP contribution in [0.4, 0.5) is 0 Å². The predicted molar refractivity (Wildman–Crippen MR) is 82.7 cm³/mol. The van der Waals surface area contributed by atoms with Crippen LogP contribution in [0.1, 0.15) is 53.4 Å². The highest BCUT2D eigenvalue weighted by molar-refractivity contribution is 5.79. The normalized spacial score (nSPS) is 19.4. The summed E-state index contributed by atoms with van der Waals surface area (Å²) in [7, 11) is 0. The first-order valence-corrected chi connectivity index (χ1v) is 7.97. The zero-order valence-electron chi connectivity index (χ0n) is 13.8. The molecule has 0 aromatic carbocycles. The Morgan fingerprint density at radius 1 is 1.33 bits per heavy atom. The molecular formula is C16H30N2O3. The molecular weight excluding hydrogens is 268 g/mol. The monoisotopic (exact) mass is 298 g/mol. The Balaban J connectivity index is 2.32. The lowest BCUT2D eigenvalue weighted by Gasteiger charge is -2.31. The molecule has 0 bridgehead atoms. The van der Waals surface area contributed by atoms with Crippen molar-refractivity contribution in [3.63, 3.8) is 0 Å². The largest absolute Gasteiger partial charge is 0.388 e. The maximum Gasteiger partial charge on any atom is 0.223 e. The number of aliphatic hydroxyl groups is 1. The summed E-state index contributed by atoms with van der Waals surface area (Å²) in [5.41, 5.74) is -0.847. The van der Waals surface area contributed by atoms with Gasteiger partial charge in [0.15, 0.2) is 0 Å². The van der Waals surface area contributed by atoms with Crippen LogP contribution in [0.5, 0.6) is 0 Å². The van der Waals surface area contributed by atoms with Gasteiger partial charge in [0.05, 0.1) is 5.60 Å². The Labute approximate surface area is 128 Å². The van der Waals surface area contributed by atoms with E-state index in [2.05, 4.69) is 19.2 Å². The molecule has 2 amide bonds. The Kier molecular flexibility index (Phi) is 6.65. The van der Waals surface area contributed by atoms with Crippen LogP contribution < -0.4 is 5.32 Å². The fourth-order valence-electron chi connectivity index (χ4n) is 2.57. The van der Waals surface area contributed by atoms with Gasteiger partial charge in [0.25, 0.3) is 0 Å². The van der Waals surface area contributed by atoms with E-state index in [-0.39, 0.29) is 17.7 Å². The lowest BCUT2D eigenvalue weighted by Crippen LogP contribution is -2.46. The minimum atomic E-state index is -0.847. The molecule has 0 radical (unpaired) electrons. The first-order chi connectivity index (χ1) is 9.71. The van der Waals surface area contributed by atoms with E-state index in [0.717, 1.165) is 6.42 Å². The van der Waals surface area contributed by atoms with E-state index in [1.807, 2.05) is 0 Å². The lowest BCUT2D eigenvalue weighted by molar-refractivity contribution is -0.134. The van der Waals surface area contributed by atoms with E-state index in [9.17, 15) is 14.7 Å². The second kappa shape index (κ2) is 7.78. The van der Waals surface area contributed by atoms with Crippen molar-refractivity contribution in [1.29, 1.82) is 0 Å². The van der Waals surface area contributed by atoms with Crippen molar-refractivity contribution in [3.05, 3.63) is 0 Å². The summed E-state index contributed by atoms with van der Waals surface area (Å²) >= 11 is 0. The van der Waals surface area contributed by atoms with Crippen LogP contribution >= 0.6 is 0 Å². The third-order valence-corrected chi connectivity index (χ3v) is 4.21. The summed E-state index contributed by atoms with van der Waals surface area (Å²) in [6, 6.07) is 0. The predicted octanol–water partition coefficient (Wildman–Crippen LogP) is 1.55. The number of likely N-dealkylation sites (tertiary alicyclic amines) is 1. The van der Waals surface area contributed by atoms with Gasteiger partial charge in [-0.05, 0) is 38.5 Å². The standard InChI is InChI=1S/C16H30N2O3/c1-12(2)5-8-16(4,21)11-17-15(20)14-6-9-18(10-7-14)13(3)19/h12,14,21H,5-11H2,1-4H3,(H,17,20). The van der Waals surface area contributed by atoms with Crippen LogP contribution in [-0.4, -0.2) is 47.1 Å². The van der Waals surface area contributed by atoms with E-state index in [1.54, 1.807) is 18.7 Å². The highest BCUT2D eigenvalue weighted by Crippen LogP contribution is 2.19. The molecule has 21 heavy (non-hydrogen) atoms. The highest BCUT2D eigenvalue weighted by Gasteiger charge is 2.28. The van der Waals surface area contributed by atoms with Crippen molar-refractivity contribution in [2.24, 2.45) is 11.8 Å². The molecule has 0 aliphatic carbocycles. The Morgan fingerprint density at radius 2 is 1.90 bits per heavy atom. The number of hydrogen-bond acceptors (Lipinski definition) is 3. The molecule has 1 heterocycles. The van der Waals surface area contributed by atoms with E-state index in [0.29, 0.717) is 44.8 Å². The van der Waals surface area contributed by atoms with Gasteiger partial charge in [0.1, 0.15) is 0 Å². The fourth-order valence-corrected chi connectivity index (χ4v) is 2.57. The third kappa shape index (κ3) is 6.46. The molecule has 0 saturated carbocycles. The number of amides is 2. The molecule has 1 rings (SSSR count). The van der Waals surface area contributed by atoms with Gasteiger partial charge in [0.2, 0.25) is 11.8 Å². The van der Waals surface area contributed by atoms with Crippen LogP contribution in [0, 0.1) is 11.8 Å². The topological polar surface area (TPSA) is 69.6 Å². The molecule has 5 heteroatoms. The fraction of sp³-hybridized carbons (Fsp3) is 0.875. The van der Waals surface area contributed by atoms with Crippen molar-refractivity contribution in [2.75, 3.05) is 19.6 Å². The van der Waals surface area contributed by atoms with Crippen LogP contribution in [0.25, 0.3) is 0 Å². The zero-order valence-corrected chi connectivity index (χ0v) is 13.8. The maximum absolute atomic E-state index is 12.1. The van der Waals surface area contributed by atoms with Gasteiger partial charge in [0, 0.05) is 32.5 Å². The van der Waals surface area contributed by atoms with Gasteiger partial charge in [-0.15, -0.1) is 0 Å². The molecule has 5 nitrogen and oxygen atoms in total. The van der Waals surface area contributed by atoms with Crippen molar-refractivity contribution in [3.8, 4) is 0 Å². The van der Waals surface area contributed by atoms with Crippen LogP contribution in [0.3, 0.4) is 0 Å². The van der Waals surface area contributed by atoms with Gasteiger partial charge in [-0.2, -0.15) is 0 Å². The highest BCUT2D eigenvalue weighted by atomic mass is 16.3. The number of piperidine rings is 1. The van der Waals surface area contributed by atoms with Crippen molar-refractivity contribution in [1.82, 2.24) is 10.2 Å². The molecule has 1 saturated heterocycles. The Bertz CT molecular complexity index is 359. The number of nitrogens with zero attached hydrogens (tertiary/aromatic N) is 1. The Hall–Kier alpha value is -1.10. The molecule has 1 unspecified atom stereocenters. The smallest absolute Gasteiger partial charge is 0.223 e. The summed E-state index contributed by atoms with van der Waals surface area (Å²) in [6.45, 7) is 9.18. The minimum absolute atomic E-state index is 0.00280. The summed E-state index contributed by atoms with van der Waals surface area (Å²) in [5, 5.41) is 13.1. The van der Waals surface area contributed by atoms with E-state index < -0.39 is 5.60 Å². The quantitative estimate of drug-likeness (QED) is 0.781. The Morgan fingerprint density at radius 3 is 2.38 bits per heavy atom. The van der Waals surface area contributed by atoms with Crippen LogP contribution in [0.15, 0.2) is 0 Å². The average molecular weight is 298 g/mol.